The smallest absolute Gasteiger partial charge is 0.271 e. The van der Waals surface area contributed by atoms with Gasteiger partial charge < -0.3 is 5.32 Å². The van der Waals surface area contributed by atoms with Crippen LogP contribution in [0.3, 0.4) is 0 Å². The van der Waals surface area contributed by atoms with Gasteiger partial charge in [0.2, 0.25) is 0 Å². The fourth-order valence-corrected chi connectivity index (χ4v) is 2.59. The maximum absolute atomic E-state index is 12.5. The van der Waals surface area contributed by atoms with Gasteiger partial charge in [-0.2, -0.15) is 5.10 Å². The van der Waals surface area contributed by atoms with Gasteiger partial charge in [0.25, 0.3) is 11.6 Å². The van der Waals surface area contributed by atoms with Crippen LogP contribution in [0.4, 0.5) is 11.4 Å². The number of aromatic nitrogens is 2. The van der Waals surface area contributed by atoms with Crippen LogP contribution in [0.1, 0.15) is 16.1 Å². The second-order valence-electron chi connectivity index (χ2n) is 5.27. The van der Waals surface area contributed by atoms with Gasteiger partial charge in [0.05, 0.1) is 38.8 Å². The second kappa shape index (κ2) is 6.74. The molecule has 0 spiro atoms. The lowest BCUT2D eigenvalue weighted by Crippen LogP contribution is -2.13. The van der Waals surface area contributed by atoms with Crippen LogP contribution in [0.15, 0.2) is 54.7 Å². The molecule has 0 aliphatic heterocycles. The molecule has 8 heteroatoms. The molecule has 0 saturated heterocycles. The van der Waals surface area contributed by atoms with E-state index in [1.807, 2.05) is 30.3 Å². The molecule has 1 heterocycles. The van der Waals surface area contributed by atoms with Crippen molar-refractivity contribution in [3.63, 3.8) is 0 Å². The number of carbonyl (C=O) groups is 1. The van der Waals surface area contributed by atoms with E-state index in [-0.39, 0.29) is 10.7 Å². The number of halogens is 1. The maximum Gasteiger partial charge on any atom is 0.271 e. The van der Waals surface area contributed by atoms with Gasteiger partial charge in [-0.3, -0.25) is 14.9 Å². The minimum absolute atomic E-state index is 0.0932. The molecule has 2 aromatic carbocycles. The number of rotatable bonds is 4. The number of nitrogens with zero attached hydrogens (tertiary/aromatic N) is 3. The fraction of sp³-hybridized carbons (Fsp3) is 0.0588. The van der Waals surface area contributed by atoms with Crippen molar-refractivity contribution in [3.05, 3.63) is 81.1 Å². The van der Waals surface area contributed by atoms with Crippen LogP contribution >= 0.6 is 11.6 Å². The van der Waals surface area contributed by atoms with Crippen molar-refractivity contribution < 1.29 is 9.72 Å². The molecular formula is C17H13ClN4O3. The van der Waals surface area contributed by atoms with Crippen molar-refractivity contribution in [1.82, 2.24) is 9.78 Å². The number of hydrogen-bond acceptors (Lipinski definition) is 4. The predicted octanol–water partition coefficient (Wildman–Crippen LogP) is 3.99. The van der Waals surface area contributed by atoms with E-state index in [9.17, 15) is 14.9 Å². The SMILES string of the molecule is Cc1c(C(=O)Nc2ccc([N+](=O)[O-])cc2Cl)cnn1-c1ccccc1. The first-order chi connectivity index (χ1) is 12.0. The zero-order valence-corrected chi connectivity index (χ0v) is 13.9. The van der Waals surface area contributed by atoms with Gasteiger partial charge in [-0.25, -0.2) is 4.68 Å². The summed E-state index contributed by atoms with van der Waals surface area (Å²) in [5.41, 5.74) is 2.05. The van der Waals surface area contributed by atoms with Gasteiger partial charge in [-0.1, -0.05) is 29.8 Å². The highest BCUT2D eigenvalue weighted by molar-refractivity contribution is 6.34. The molecule has 3 rings (SSSR count). The highest BCUT2D eigenvalue weighted by atomic mass is 35.5. The lowest BCUT2D eigenvalue weighted by Gasteiger charge is -2.08. The number of nitrogens with one attached hydrogen (secondary N) is 1. The lowest BCUT2D eigenvalue weighted by molar-refractivity contribution is -0.384. The number of amides is 1. The summed E-state index contributed by atoms with van der Waals surface area (Å²) in [6.45, 7) is 1.78. The van der Waals surface area contributed by atoms with Crippen LogP contribution in [0, 0.1) is 17.0 Å². The monoisotopic (exact) mass is 356 g/mol. The molecule has 0 unspecified atom stereocenters. The van der Waals surface area contributed by atoms with Gasteiger partial charge in [0.1, 0.15) is 0 Å². The molecule has 3 aromatic rings. The average molecular weight is 357 g/mol. The van der Waals surface area contributed by atoms with Gasteiger partial charge in [0.15, 0.2) is 0 Å². The summed E-state index contributed by atoms with van der Waals surface area (Å²) < 4.78 is 1.66. The molecular weight excluding hydrogens is 344 g/mol. The minimum atomic E-state index is -0.550. The topological polar surface area (TPSA) is 90.1 Å². The van der Waals surface area contributed by atoms with E-state index in [0.29, 0.717) is 16.9 Å². The molecule has 0 aliphatic carbocycles. The number of nitro groups is 1. The Labute approximate surface area is 148 Å². The molecule has 0 bridgehead atoms. The van der Waals surface area contributed by atoms with E-state index in [1.165, 1.54) is 24.4 Å². The zero-order valence-electron chi connectivity index (χ0n) is 13.1. The first-order valence-corrected chi connectivity index (χ1v) is 7.70. The Morgan fingerprint density at radius 1 is 1.24 bits per heavy atom. The number of carbonyl (C=O) groups excluding carboxylic acids is 1. The highest BCUT2D eigenvalue weighted by Gasteiger charge is 2.17. The van der Waals surface area contributed by atoms with Crippen molar-refractivity contribution >= 4 is 28.9 Å². The van der Waals surface area contributed by atoms with Crippen LogP contribution in [-0.2, 0) is 0 Å². The lowest BCUT2D eigenvalue weighted by atomic mass is 10.2. The van der Waals surface area contributed by atoms with Crippen molar-refractivity contribution in [2.24, 2.45) is 0 Å². The summed E-state index contributed by atoms with van der Waals surface area (Å²) in [6, 6.07) is 13.3. The third kappa shape index (κ3) is 3.36. The molecule has 7 nitrogen and oxygen atoms in total. The van der Waals surface area contributed by atoms with Crippen molar-refractivity contribution in [2.75, 3.05) is 5.32 Å². The van der Waals surface area contributed by atoms with Crippen LogP contribution < -0.4 is 5.32 Å². The normalized spacial score (nSPS) is 10.5. The molecule has 1 amide bonds. The summed E-state index contributed by atoms with van der Waals surface area (Å²) in [5.74, 6) is -0.393. The van der Waals surface area contributed by atoms with Crippen LogP contribution in [0.25, 0.3) is 5.69 Å². The maximum atomic E-state index is 12.5. The molecule has 0 saturated carbocycles. The number of hydrogen-bond donors (Lipinski definition) is 1. The Morgan fingerprint density at radius 3 is 2.60 bits per heavy atom. The summed E-state index contributed by atoms with van der Waals surface area (Å²) in [7, 11) is 0. The third-order valence-electron chi connectivity index (χ3n) is 3.67. The molecule has 0 aliphatic rings. The Kier molecular flexibility index (Phi) is 4.49. The van der Waals surface area contributed by atoms with E-state index in [4.69, 9.17) is 11.6 Å². The number of para-hydroxylation sites is 1. The van der Waals surface area contributed by atoms with Gasteiger partial charge >= 0.3 is 0 Å². The second-order valence-corrected chi connectivity index (χ2v) is 5.67. The van der Waals surface area contributed by atoms with Crippen LogP contribution in [0.2, 0.25) is 5.02 Å². The van der Waals surface area contributed by atoms with E-state index >= 15 is 0 Å². The molecule has 25 heavy (non-hydrogen) atoms. The molecule has 1 aromatic heterocycles. The predicted molar refractivity (Wildman–Crippen MR) is 94.4 cm³/mol. The van der Waals surface area contributed by atoms with E-state index in [2.05, 4.69) is 10.4 Å². The summed E-state index contributed by atoms with van der Waals surface area (Å²) in [5, 5.41) is 17.7. The van der Waals surface area contributed by atoms with E-state index in [0.717, 1.165) is 5.69 Å². The van der Waals surface area contributed by atoms with E-state index in [1.54, 1.807) is 11.6 Å². The average Bonchev–Trinajstić information content (AvgIpc) is 2.99. The van der Waals surface area contributed by atoms with Gasteiger partial charge in [-0.15, -0.1) is 0 Å². The standard InChI is InChI=1S/C17H13ClN4O3/c1-11-14(10-19-21(11)12-5-3-2-4-6-12)17(23)20-16-8-7-13(22(24)25)9-15(16)18/h2-10H,1H3,(H,20,23). The number of benzene rings is 2. The fourth-order valence-electron chi connectivity index (χ4n) is 2.37. The Hall–Kier alpha value is -3.19. The molecule has 0 atom stereocenters. The van der Waals surface area contributed by atoms with Crippen molar-refractivity contribution in [1.29, 1.82) is 0 Å². The summed E-state index contributed by atoms with van der Waals surface area (Å²) in [4.78, 5) is 22.7. The molecule has 1 N–H and O–H groups in total. The van der Waals surface area contributed by atoms with Crippen LogP contribution in [-0.4, -0.2) is 20.6 Å². The third-order valence-corrected chi connectivity index (χ3v) is 3.98. The highest BCUT2D eigenvalue weighted by Crippen LogP contribution is 2.27. The number of nitro benzene ring substituents is 1. The molecule has 126 valence electrons. The van der Waals surface area contributed by atoms with Crippen molar-refractivity contribution in [3.8, 4) is 5.69 Å². The zero-order chi connectivity index (χ0) is 18.0. The molecule has 0 radical (unpaired) electrons. The Balaban J connectivity index is 1.85. The molecule has 0 fully saturated rings. The Morgan fingerprint density at radius 2 is 1.96 bits per heavy atom. The number of anilines is 1. The van der Waals surface area contributed by atoms with Crippen LogP contribution in [0.5, 0.6) is 0 Å². The minimum Gasteiger partial charge on any atom is -0.321 e. The summed E-state index contributed by atoms with van der Waals surface area (Å²) >= 11 is 6.01. The first-order valence-electron chi connectivity index (χ1n) is 7.32. The van der Waals surface area contributed by atoms with Gasteiger partial charge in [0, 0.05) is 12.1 Å². The summed E-state index contributed by atoms with van der Waals surface area (Å²) in [6.07, 6.45) is 1.47. The van der Waals surface area contributed by atoms with Crippen molar-refractivity contribution in [2.45, 2.75) is 6.92 Å². The first kappa shape index (κ1) is 16.7. The van der Waals surface area contributed by atoms with E-state index < -0.39 is 10.8 Å². The Bertz CT molecular complexity index is 954. The largest absolute Gasteiger partial charge is 0.321 e. The number of non-ortho nitro benzene ring substituents is 1. The van der Waals surface area contributed by atoms with Gasteiger partial charge in [-0.05, 0) is 25.1 Å². The quantitative estimate of drug-likeness (QED) is 0.565.